The van der Waals surface area contributed by atoms with Gasteiger partial charge >= 0.3 is 5.97 Å². The summed E-state index contributed by atoms with van der Waals surface area (Å²) in [6.07, 6.45) is 14.6. The minimum absolute atomic E-state index is 0.154. The average molecular weight is 477 g/mol. The van der Waals surface area contributed by atoms with Crippen molar-refractivity contribution in [3.63, 3.8) is 0 Å². The fourth-order valence-corrected chi connectivity index (χ4v) is 5.54. The summed E-state index contributed by atoms with van der Waals surface area (Å²) >= 11 is 6.94. The number of fused-ring (bicyclic) bond motifs is 1. The average Bonchev–Trinajstić information content (AvgIpc) is 3.38. The van der Waals surface area contributed by atoms with Crippen molar-refractivity contribution in [3.8, 4) is 0 Å². The van der Waals surface area contributed by atoms with Crippen molar-refractivity contribution in [1.29, 1.82) is 0 Å². The van der Waals surface area contributed by atoms with E-state index in [1.165, 1.54) is 56.7 Å². The Morgan fingerprint density at radius 2 is 1.78 bits per heavy atom. The van der Waals surface area contributed by atoms with Crippen molar-refractivity contribution in [2.75, 3.05) is 12.4 Å². The molecule has 9 heteroatoms. The van der Waals surface area contributed by atoms with E-state index in [0.717, 1.165) is 31.2 Å². The van der Waals surface area contributed by atoms with Crippen LogP contribution in [-0.2, 0) is 24.1 Å². The number of amides is 1. The first-order valence-electron chi connectivity index (χ1n) is 11.4. The maximum atomic E-state index is 12.7. The minimum Gasteiger partial charge on any atom is -0.465 e. The van der Waals surface area contributed by atoms with Crippen LogP contribution < -0.4 is 10.6 Å². The van der Waals surface area contributed by atoms with Gasteiger partial charge < -0.3 is 10.1 Å². The second-order valence-corrected chi connectivity index (χ2v) is 9.53. The Kier molecular flexibility index (Phi) is 9.23. The van der Waals surface area contributed by atoms with Crippen molar-refractivity contribution in [3.05, 3.63) is 34.0 Å². The lowest BCUT2D eigenvalue weighted by atomic mass is 9.97. The van der Waals surface area contributed by atoms with E-state index >= 15 is 0 Å². The Bertz CT molecular complexity index is 951. The van der Waals surface area contributed by atoms with Gasteiger partial charge in [0.05, 0.1) is 24.4 Å². The Balaban J connectivity index is 1.79. The molecule has 0 fully saturated rings. The Labute approximate surface area is 198 Å². The molecule has 2 heterocycles. The van der Waals surface area contributed by atoms with Crippen molar-refractivity contribution < 1.29 is 14.3 Å². The van der Waals surface area contributed by atoms with Crippen LogP contribution in [0.1, 0.15) is 89.4 Å². The van der Waals surface area contributed by atoms with Gasteiger partial charge in [0.1, 0.15) is 5.00 Å². The number of nitrogens with zero attached hydrogens (tertiary/aromatic N) is 2. The lowest BCUT2D eigenvalue weighted by molar-refractivity contribution is 0.0601. The molecule has 0 unspecified atom stereocenters. The van der Waals surface area contributed by atoms with E-state index in [-0.39, 0.29) is 17.0 Å². The molecule has 2 aromatic rings. The van der Waals surface area contributed by atoms with Gasteiger partial charge in [0, 0.05) is 17.6 Å². The van der Waals surface area contributed by atoms with E-state index < -0.39 is 0 Å². The van der Waals surface area contributed by atoms with Gasteiger partial charge in [-0.3, -0.25) is 14.8 Å². The highest BCUT2D eigenvalue weighted by molar-refractivity contribution is 7.80. The zero-order chi connectivity index (χ0) is 22.9. The number of methoxy groups -OCH3 is 1. The number of nitrogens with one attached hydrogen (secondary N) is 2. The second-order valence-electron chi connectivity index (χ2n) is 8.02. The number of thiocarbonyl (C=S) groups is 1. The molecule has 2 N–H and O–H groups in total. The van der Waals surface area contributed by atoms with Gasteiger partial charge in [-0.1, -0.05) is 38.5 Å². The van der Waals surface area contributed by atoms with Crippen molar-refractivity contribution in [1.82, 2.24) is 15.1 Å². The zero-order valence-electron chi connectivity index (χ0n) is 18.9. The summed E-state index contributed by atoms with van der Waals surface area (Å²) in [5.74, 6) is -0.701. The molecule has 1 aliphatic carbocycles. The molecule has 0 saturated carbocycles. The predicted molar refractivity (Wildman–Crippen MR) is 132 cm³/mol. The molecule has 0 spiro atoms. The SMILES string of the molecule is CCn1cc(C(=O)NC(=S)Nc2sc3c(c2C(=O)OC)CCCCCCCCCC3)cn1. The number of carbonyl (C=O) groups excluding carboxylic acids is 2. The van der Waals surface area contributed by atoms with Gasteiger partial charge in [0.15, 0.2) is 5.11 Å². The number of hydrogen-bond acceptors (Lipinski definition) is 6. The molecule has 2 aromatic heterocycles. The summed E-state index contributed by atoms with van der Waals surface area (Å²) < 4.78 is 6.78. The summed E-state index contributed by atoms with van der Waals surface area (Å²) in [7, 11) is 1.40. The first-order chi connectivity index (χ1) is 15.5. The second kappa shape index (κ2) is 12.1. The van der Waals surface area contributed by atoms with Crippen LogP contribution in [-0.4, -0.2) is 33.9 Å². The van der Waals surface area contributed by atoms with Crippen molar-refractivity contribution >= 4 is 45.5 Å². The quantitative estimate of drug-likeness (QED) is 0.472. The van der Waals surface area contributed by atoms with E-state index in [1.807, 2.05) is 6.92 Å². The van der Waals surface area contributed by atoms with Crippen LogP contribution in [0.4, 0.5) is 5.00 Å². The first kappa shape index (κ1) is 24.4. The number of hydrogen-bond donors (Lipinski definition) is 2. The predicted octanol–water partition coefficient (Wildman–Crippen LogP) is 5.10. The summed E-state index contributed by atoms with van der Waals surface area (Å²) in [5.41, 5.74) is 2.06. The van der Waals surface area contributed by atoms with E-state index in [4.69, 9.17) is 17.0 Å². The van der Waals surface area contributed by atoms with Gasteiger partial charge in [-0.15, -0.1) is 11.3 Å². The fraction of sp³-hybridized carbons (Fsp3) is 0.565. The van der Waals surface area contributed by atoms with Gasteiger partial charge in [-0.25, -0.2) is 4.79 Å². The molecule has 7 nitrogen and oxygen atoms in total. The van der Waals surface area contributed by atoms with Crippen LogP contribution >= 0.6 is 23.6 Å². The van der Waals surface area contributed by atoms with Crippen LogP contribution in [0.5, 0.6) is 0 Å². The van der Waals surface area contributed by atoms with E-state index in [9.17, 15) is 9.59 Å². The molecule has 0 radical (unpaired) electrons. The Morgan fingerprint density at radius 3 is 2.41 bits per heavy atom. The van der Waals surface area contributed by atoms with Gasteiger partial charge in [0.25, 0.3) is 5.91 Å². The normalized spacial score (nSPS) is 15.1. The van der Waals surface area contributed by atoms with Crippen molar-refractivity contribution in [2.24, 2.45) is 0 Å². The summed E-state index contributed by atoms with van der Waals surface area (Å²) in [5, 5.41) is 10.7. The number of aromatic nitrogens is 2. The standard InChI is InChI=1S/C23H32N4O3S2/c1-3-27-15-16(14-24-27)20(28)25-23(31)26-21-19(22(29)30-2)17-12-10-8-6-4-5-7-9-11-13-18(17)32-21/h14-15H,3-13H2,1-2H3,(H2,25,26,28,31). The summed E-state index contributed by atoms with van der Waals surface area (Å²) in [4.78, 5) is 26.4. The van der Waals surface area contributed by atoms with Crippen LogP contribution in [0, 0.1) is 0 Å². The molecular weight excluding hydrogens is 444 g/mol. The number of carbonyl (C=O) groups is 2. The van der Waals surface area contributed by atoms with Gasteiger partial charge in [-0.2, -0.15) is 5.10 Å². The van der Waals surface area contributed by atoms with Crippen LogP contribution in [0.15, 0.2) is 12.4 Å². The zero-order valence-corrected chi connectivity index (χ0v) is 20.5. The summed E-state index contributed by atoms with van der Waals surface area (Å²) in [6.45, 7) is 2.63. The number of thiophene rings is 1. The molecule has 0 bridgehead atoms. The number of rotatable bonds is 4. The molecule has 1 amide bonds. The lowest BCUT2D eigenvalue weighted by Gasteiger charge is -2.11. The molecule has 0 saturated heterocycles. The molecule has 0 aromatic carbocycles. The molecule has 1 aliphatic rings. The molecule has 174 valence electrons. The third-order valence-corrected chi connectivity index (χ3v) is 7.15. The summed E-state index contributed by atoms with van der Waals surface area (Å²) in [6, 6.07) is 0. The highest BCUT2D eigenvalue weighted by Crippen LogP contribution is 2.37. The van der Waals surface area contributed by atoms with Crippen LogP contribution in [0.2, 0.25) is 0 Å². The number of anilines is 1. The monoisotopic (exact) mass is 476 g/mol. The van der Waals surface area contributed by atoms with Gasteiger partial charge in [0.2, 0.25) is 0 Å². The third-order valence-electron chi connectivity index (χ3n) is 5.73. The molecular formula is C23H32N4O3S2. The van der Waals surface area contributed by atoms with Gasteiger partial charge in [-0.05, 0) is 50.4 Å². The van der Waals surface area contributed by atoms with E-state index in [1.54, 1.807) is 22.2 Å². The van der Waals surface area contributed by atoms with E-state index in [2.05, 4.69) is 15.7 Å². The Morgan fingerprint density at radius 1 is 1.12 bits per heavy atom. The smallest absolute Gasteiger partial charge is 0.341 e. The highest BCUT2D eigenvalue weighted by Gasteiger charge is 2.25. The topological polar surface area (TPSA) is 85.2 Å². The lowest BCUT2D eigenvalue weighted by Crippen LogP contribution is -2.34. The number of esters is 1. The molecule has 32 heavy (non-hydrogen) atoms. The molecule has 0 aliphatic heterocycles. The number of aryl methyl sites for hydroxylation is 2. The molecule has 0 atom stereocenters. The van der Waals surface area contributed by atoms with Crippen LogP contribution in [0.25, 0.3) is 0 Å². The van der Waals surface area contributed by atoms with Crippen molar-refractivity contribution in [2.45, 2.75) is 77.7 Å². The maximum Gasteiger partial charge on any atom is 0.341 e. The number of ether oxygens (including phenoxy) is 1. The maximum absolute atomic E-state index is 12.7. The largest absolute Gasteiger partial charge is 0.465 e. The fourth-order valence-electron chi connectivity index (χ4n) is 4.00. The minimum atomic E-state index is -0.365. The van der Waals surface area contributed by atoms with E-state index in [0.29, 0.717) is 22.7 Å². The third kappa shape index (κ3) is 6.38. The first-order valence-corrected chi connectivity index (χ1v) is 12.6. The Hall–Kier alpha value is -2.26. The van der Waals surface area contributed by atoms with Crippen LogP contribution in [0.3, 0.4) is 0 Å². The molecule has 3 rings (SSSR count). The highest BCUT2D eigenvalue weighted by atomic mass is 32.1.